The molecule has 13 heteroatoms. The number of aromatic nitrogens is 4. The van der Waals surface area contributed by atoms with Gasteiger partial charge in [0.2, 0.25) is 0 Å². The van der Waals surface area contributed by atoms with Crippen LogP contribution >= 0.6 is 0 Å². The number of fused-ring (bicyclic) bond motifs is 4. The highest BCUT2D eigenvalue weighted by Crippen LogP contribution is 2.42. The van der Waals surface area contributed by atoms with Gasteiger partial charge in [0.15, 0.2) is 0 Å². The summed E-state index contributed by atoms with van der Waals surface area (Å²) in [5.74, 6) is 0.637. The maximum absolute atomic E-state index is 15.2. The van der Waals surface area contributed by atoms with Crippen molar-refractivity contribution in [1.82, 2.24) is 29.5 Å². The predicted octanol–water partition coefficient (Wildman–Crippen LogP) is 5.87. The molecule has 11 nitrogen and oxygen atoms in total. The number of phenolic OH excluding ortho intramolecular Hbond substituents is 1. The number of alkyl halides is 1. The number of halogens is 2. The first-order chi connectivity index (χ1) is 24.8. The first-order valence-corrected chi connectivity index (χ1v) is 18.5. The maximum atomic E-state index is 15.2. The smallest absolute Gasteiger partial charge is 0.344 e. The second kappa shape index (κ2) is 12.9. The van der Waals surface area contributed by atoms with E-state index in [9.17, 15) is 14.3 Å². The van der Waals surface area contributed by atoms with Crippen LogP contribution in [0.2, 0.25) is 0 Å². The van der Waals surface area contributed by atoms with Gasteiger partial charge in [-0.2, -0.15) is 19.7 Å². The molecule has 2 aromatic heterocycles. The van der Waals surface area contributed by atoms with Gasteiger partial charge in [-0.25, -0.2) is 13.6 Å². The largest absolute Gasteiger partial charge is 0.508 e. The van der Waals surface area contributed by atoms with Crippen LogP contribution in [-0.2, 0) is 32.4 Å². The Labute approximate surface area is 303 Å². The number of carbonyl (C=O) groups excluding carboxylic acids is 1. The van der Waals surface area contributed by atoms with E-state index in [1.54, 1.807) is 32.3 Å². The van der Waals surface area contributed by atoms with Crippen molar-refractivity contribution in [1.29, 1.82) is 0 Å². The highest BCUT2D eigenvalue weighted by atomic mass is 19.1. The molecule has 276 valence electrons. The molecule has 0 radical (unpaired) electrons. The van der Waals surface area contributed by atoms with Crippen LogP contribution in [-0.4, -0.2) is 99.3 Å². The average Bonchev–Trinajstić information content (AvgIpc) is 3.74. The van der Waals surface area contributed by atoms with Crippen molar-refractivity contribution in [3.63, 3.8) is 0 Å². The highest BCUT2D eigenvalue weighted by Gasteiger charge is 2.49. The standard InChI is InChI=1S/C39H48F2N8O3/c1-6-28-30(41)9-8-24-14-27(50)15-33(34(24)28)46-13-10-29-32(21-46)42-36(52-23-39-11-7-12-48(39)20-26(40)16-39)43-35(29)47-18-25-19-49(37(51)45(4)5)44-31(25)17-38(2,3)22-47/h8-9,14-15,19,26,50H,6-7,10-13,16-18,20-23H2,1-5H3/t26-,39+/m1/s1. The Morgan fingerprint density at radius 2 is 1.94 bits per heavy atom. The summed E-state index contributed by atoms with van der Waals surface area (Å²) >= 11 is 0. The normalized spacial score (nSPS) is 22.6. The molecule has 2 aromatic carbocycles. The maximum Gasteiger partial charge on any atom is 0.344 e. The van der Waals surface area contributed by atoms with Crippen molar-refractivity contribution in [2.75, 3.05) is 56.7 Å². The zero-order valence-electron chi connectivity index (χ0n) is 30.8. The van der Waals surface area contributed by atoms with Gasteiger partial charge in [-0.05, 0) is 67.1 Å². The molecular formula is C39H48F2N8O3. The molecule has 4 aliphatic heterocycles. The van der Waals surface area contributed by atoms with Crippen LogP contribution in [0.15, 0.2) is 30.5 Å². The van der Waals surface area contributed by atoms with Gasteiger partial charge in [0, 0.05) is 81.2 Å². The number of phenols is 1. The fourth-order valence-electron chi connectivity index (χ4n) is 9.11. The minimum Gasteiger partial charge on any atom is -0.508 e. The van der Waals surface area contributed by atoms with Crippen LogP contribution in [0.5, 0.6) is 11.8 Å². The second-order valence-corrected chi connectivity index (χ2v) is 16.2. The van der Waals surface area contributed by atoms with Gasteiger partial charge >= 0.3 is 12.0 Å². The summed E-state index contributed by atoms with van der Waals surface area (Å²) in [4.78, 5) is 31.2. The number of rotatable bonds is 6. The first kappa shape index (κ1) is 34.6. The van der Waals surface area contributed by atoms with Gasteiger partial charge in [-0.3, -0.25) is 4.90 Å². The van der Waals surface area contributed by atoms with Gasteiger partial charge in [0.1, 0.15) is 30.2 Å². The zero-order valence-corrected chi connectivity index (χ0v) is 30.8. The highest BCUT2D eigenvalue weighted by molar-refractivity contribution is 5.98. The molecule has 8 rings (SSSR count). The number of hydrogen-bond donors (Lipinski definition) is 1. The third kappa shape index (κ3) is 6.10. The fraction of sp³-hybridized carbons (Fsp3) is 0.538. The summed E-state index contributed by atoms with van der Waals surface area (Å²) in [7, 11) is 3.43. The molecular weight excluding hydrogens is 666 g/mol. The first-order valence-electron chi connectivity index (χ1n) is 18.5. The number of amides is 1. The average molecular weight is 715 g/mol. The quantitative estimate of drug-likeness (QED) is 0.263. The molecule has 1 N–H and O–H groups in total. The Bertz CT molecular complexity index is 2050. The summed E-state index contributed by atoms with van der Waals surface area (Å²) in [6, 6.07) is 6.63. The Kier molecular flexibility index (Phi) is 8.54. The molecule has 4 aromatic rings. The molecule has 52 heavy (non-hydrogen) atoms. The number of ether oxygens (including phenoxy) is 1. The fourth-order valence-corrected chi connectivity index (χ4v) is 9.11. The van der Waals surface area contributed by atoms with Crippen LogP contribution in [0, 0.1) is 11.2 Å². The third-order valence-electron chi connectivity index (χ3n) is 11.5. The number of hydrogen-bond acceptors (Lipinski definition) is 9. The van der Waals surface area contributed by atoms with E-state index in [-0.39, 0.29) is 34.6 Å². The monoisotopic (exact) mass is 714 g/mol. The number of carbonyl (C=O) groups is 1. The number of aryl methyl sites for hydroxylation is 1. The molecule has 0 unspecified atom stereocenters. The zero-order chi connectivity index (χ0) is 36.5. The summed E-state index contributed by atoms with van der Waals surface area (Å²) in [6.07, 6.45) is 5.10. The van der Waals surface area contributed by atoms with Crippen LogP contribution in [0.4, 0.5) is 25.1 Å². The summed E-state index contributed by atoms with van der Waals surface area (Å²) in [5, 5.41) is 17.1. The van der Waals surface area contributed by atoms with E-state index in [4.69, 9.17) is 19.8 Å². The molecule has 2 fully saturated rings. The molecule has 0 spiro atoms. The van der Waals surface area contributed by atoms with Crippen molar-refractivity contribution in [2.24, 2.45) is 5.41 Å². The van der Waals surface area contributed by atoms with E-state index < -0.39 is 6.17 Å². The Morgan fingerprint density at radius 1 is 1.12 bits per heavy atom. The number of nitrogens with zero attached hydrogens (tertiary/aromatic N) is 8. The molecule has 2 atom stereocenters. The van der Waals surface area contributed by atoms with Gasteiger partial charge in [0.25, 0.3) is 0 Å². The molecule has 4 aliphatic rings. The van der Waals surface area contributed by atoms with Crippen LogP contribution < -0.4 is 14.5 Å². The summed E-state index contributed by atoms with van der Waals surface area (Å²) < 4.78 is 37.8. The predicted molar refractivity (Wildman–Crippen MR) is 196 cm³/mol. The third-order valence-corrected chi connectivity index (χ3v) is 11.5. The van der Waals surface area contributed by atoms with E-state index >= 15 is 4.39 Å². The van der Waals surface area contributed by atoms with Gasteiger partial charge in [0.05, 0.1) is 23.5 Å². The van der Waals surface area contributed by atoms with E-state index in [2.05, 4.69) is 28.5 Å². The number of benzene rings is 2. The number of aromatic hydroxyl groups is 1. The van der Waals surface area contributed by atoms with Gasteiger partial charge in [-0.1, -0.05) is 26.8 Å². The van der Waals surface area contributed by atoms with Gasteiger partial charge < -0.3 is 24.5 Å². The molecule has 1 amide bonds. The lowest BCUT2D eigenvalue weighted by Crippen LogP contribution is -2.43. The van der Waals surface area contributed by atoms with Crippen molar-refractivity contribution < 1.29 is 23.4 Å². The lowest BCUT2D eigenvalue weighted by Gasteiger charge is -2.36. The SMILES string of the molecule is CCc1c(F)ccc2cc(O)cc(N3CCc4c(nc(OC[C@@]56CCCN5C[C@H](F)C6)nc4N4Cc5cn(C(=O)N(C)C)nc5CC(C)(C)C4)C3)c12. The summed E-state index contributed by atoms with van der Waals surface area (Å²) in [5.41, 5.74) is 4.49. The van der Waals surface area contributed by atoms with Crippen LogP contribution in [0.3, 0.4) is 0 Å². The Hall–Kier alpha value is -4.52. The van der Waals surface area contributed by atoms with Crippen LogP contribution in [0.25, 0.3) is 10.8 Å². The van der Waals surface area contributed by atoms with E-state index in [0.717, 1.165) is 64.2 Å². The van der Waals surface area contributed by atoms with Crippen molar-refractivity contribution >= 4 is 28.3 Å². The Balaban J connectivity index is 1.20. The van der Waals surface area contributed by atoms with Crippen molar-refractivity contribution in [3.05, 3.63) is 64.4 Å². The van der Waals surface area contributed by atoms with Gasteiger partial charge in [-0.15, -0.1) is 0 Å². The van der Waals surface area contributed by atoms with E-state index in [0.29, 0.717) is 70.6 Å². The molecule has 0 aliphatic carbocycles. The molecule has 0 saturated carbocycles. The topological polar surface area (TPSA) is 103 Å². The summed E-state index contributed by atoms with van der Waals surface area (Å²) in [6.45, 7) is 10.2. The minimum atomic E-state index is -0.874. The van der Waals surface area contributed by atoms with Crippen molar-refractivity contribution in [2.45, 2.75) is 84.1 Å². The molecule has 2 saturated heterocycles. The second-order valence-electron chi connectivity index (χ2n) is 16.2. The van der Waals surface area contributed by atoms with Crippen molar-refractivity contribution in [3.8, 4) is 11.8 Å². The minimum absolute atomic E-state index is 0.119. The van der Waals surface area contributed by atoms with E-state index in [1.165, 1.54) is 15.6 Å². The number of anilines is 2. The lowest BCUT2D eigenvalue weighted by molar-refractivity contribution is 0.107. The lowest BCUT2D eigenvalue weighted by atomic mass is 9.87. The van der Waals surface area contributed by atoms with Crippen LogP contribution in [0.1, 0.15) is 68.1 Å². The van der Waals surface area contributed by atoms with E-state index in [1.807, 2.05) is 13.1 Å². The Morgan fingerprint density at radius 3 is 2.73 bits per heavy atom. The molecule has 0 bridgehead atoms. The molecule has 6 heterocycles.